The van der Waals surface area contributed by atoms with Crippen molar-refractivity contribution in [3.8, 4) is 0 Å². The average Bonchev–Trinajstić information content (AvgIpc) is 2.57. The van der Waals surface area contributed by atoms with Crippen LogP contribution in [0.1, 0.15) is 10.4 Å². The number of hydrogen-bond acceptors (Lipinski definition) is 2. The second-order valence-corrected chi connectivity index (χ2v) is 6.23. The smallest absolute Gasteiger partial charge is 0.253 e. The van der Waals surface area contributed by atoms with E-state index in [1.54, 1.807) is 36.4 Å². The molecule has 0 N–H and O–H groups in total. The fourth-order valence-electron chi connectivity index (χ4n) is 2.62. The number of piperazine rings is 1. The normalized spacial score (nSPS) is 14.9. The predicted molar refractivity (Wildman–Crippen MR) is 91.0 cm³/mol. The maximum Gasteiger partial charge on any atom is 0.253 e. The lowest BCUT2D eigenvalue weighted by atomic mass is 10.1. The molecule has 3 nitrogen and oxygen atoms in total. The fourth-order valence-corrected chi connectivity index (χ4v) is 2.93. The Morgan fingerprint density at radius 2 is 1.61 bits per heavy atom. The van der Waals surface area contributed by atoms with E-state index in [0.29, 0.717) is 36.8 Å². The standard InChI is InChI=1S/C17H15Cl2FN2O/c18-13-3-1-12(2-4-13)17(23)22-9-7-21(8-10-22)14-5-6-16(20)15(19)11-14/h1-6,11H,7-10H2. The molecule has 1 heterocycles. The van der Waals surface area contributed by atoms with Crippen LogP contribution in [0, 0.1) is 5.82 Å². The predicted octanol–water partition coefficient (Wildman–Crippen LogP) is 4.09. The summed E-state index contributed by atoms with van der Waals surface area (Å²) in [6.45, 7) is 2.58. The largest absolute Gasteiger partial charge is 0.368 e. The van der Waals surface area contributed by atoms with Gasteiger partial charge in [0.15, 0.2) is 0 Å². The van der Waals surface area contributed by atoms with Crippen LogP contribution < -0.4 is 4.90 Å². The molecule has 0 saturated carbocycles. The summed E-state index contributed by atoms with van der Waals surface area (Å²) in [7, 11) is 0. The van der Waals surface area contributed by atoms with Crippen LogP contribution in [0.4, 0.5) is 10.1 Å². The molecule has 23 heavy (non-hydrogen) atoms. The van der Waals surface area contributed by atoms with Crippen LogP contribution in [0.15, 0.2) is 42.5 Å². The summed E-state index contributed by atoms with van der Waals surface area (Å²) < 4.78 is 13.2. The van der Waals surface area contributed by atoms with Crippen LogP contribution in [-0.4, -0.2) is 37.0 Å². The first-order valence-corrected chi connectivity index (χ1v) is 8.05. The van der Waals surface area contributed by atoms with Gasteiger partial charge in [-0.05, 0) is 42.5 Å². The molecule has 1 amide bonds. The summed E-state index contributed by atoms with van der Waals surface area (Å²) in [6, 6.07) is 11.6. The van der Waals surface area contributed by atoms with Crippen LogP contribution in [0.3, 0.4) is 0 Å². The molecule has 0 aromatic heterocycles. The van der Waals surface area contributed by atoms with E-state index < -0.39 is 5.82 Å². The minimum atomic E-state index is -0.424. The number of carbonyl (C=O) groups is 1. The van der Waals surface area contributed by atoms with Crippen molar-refractivity contribution >= 4 is 34.8 Å². The summed E-state index contributed by atoms with van der Waals surface area (Å²) >= 11 is 11.7. The summed E-state index contributed by atoms with van der Waals surface area (Å²) in [6.07, 6.45) is 0. The first-order chi connectivity index (χ1) is 11.0. The third-order valence-corrected chi connectivity index (χ3v) is 4.47. The van der Waals surface area contributed by atoms with E-state index in [4.69, 9.17) is 23.2 Å². The lowest BCUT2D eigenvalue weighted by Crippen LogP contribution is -2.48. The van der Waals surface area contributed by atoms with Crippen molar-refractivity contribution in [1.82, 2.24) is 4.90 Å². The minimum absolute atomic E-state index is 0.00143. The molecule has 1 fully saturated rings. The number of rotatable bonds is 2. The van der Waals surface area contributed by atoms with E-state index in [0.717, 1.165) is 5.69 Å². The van der Waals surface area contributed by atoms with Gasteiger partial charge in [0.05, 0.1) is 5.02 Å². The summed E-state index contributed by atoms with van der Waals surface area (Å²) in [5.74, 6) is -0.426. The van der Waals surface area contributed by atoms with Gasteiger partial charge in [-0.25, -0.2) is 4.39 Å². The Hall–Kier alpha value is -1.78. The van der Waals surface area contributed by atoms with Crippen LogP contribution in [-0.2, 0) is 0 Å². The van der Waals surface area contributed by atoms with Gasteiger partial charge in [0, 0.05) is 42.5 Å². The SMILES string of the molecule is O=C(c1ccc(Cl)cc1)N1CCN(c2ccc(F)c(Cl)c2)CC1. The highest BCUT2D eigenvalue weighted by atomic mass is 35.5. The van der Waals surface area contributed by atoms with E-state index in [1.807, 2.05) is 4.90 Å². The minimum Gasteiger partial charge on any atom is -0.368 e. The van der Waals surface area contributed by atoms with Gasteiger partial charge < -0.3 is 9.80 Å². The number of carbonyl (C=O) groups excluding carboxylic acids is 1. The van der Waals surface area contributed by atoms with Gasteiger partial charge in [0.25, 0.3) is 5.91 Å². The lowest BCUT2D eigenvalue weighted by Gasteiger charge is -2.36. The van der Waals surface area contributed by atoms with Crippen molar-refractivity contribution in [2.45, 2.75) is 0 Å². The van der Waals surface area contributed by atoms with Crippen LogP contribution in [0.5, 0.6) is 0 Å². The number of anilines is 1. The van der Waals surface area contributed by atoms with Gasteiger partial charge in [-0.15, -0.1) is 0 Å². The third kappa shape index (κ3) is 3.59. The molecule has 1 aliphatic heterocycles. The van der Waals surface area contributed by atoms with Gasteiger partial charge in [-0.3, -0.25) is 4.79 Å². The monoisotopic (exact) mass is 352 g/mol. The van der Waals surface area contributed by atoms with Crippen molar-refractivity contribution in [3.63, 3.8) is 0 Å². The zero-order valence-electron chi connectivity index (χ0n) is 12.3. The fraction of sp³-hybridized carbons (Fsp3) is 0.235. The zero-order valence-corrected chi connectivity index (χ0v) is 13.8. The average molecular weight is 353 g/mol. The number of nitrogens with zero attached hydrogens (tertiary/aromatic N) is 2. The van der Waals surface area contributed by atoms with E-state index >= 15 is 0 Å². The van der Waals surface area contributed by atoms with Gasteiger partial charge >= 0.3 is 0 Å². The summed E-state index contributed by atoms with van der Waals surface area (Å²) in [5.41, 5.74) is 1.50. The number of halogens is 3. The molecule has 6 heteroatoms. The van der Waals surface area contributed by atoms with Crippen LogP contribution in [0.25, 0.3) is 0 Å². The van der Waals surface area contributed by atoms with E-state index in [-0.39, 0.29) is 10.9 Å². The molecule has 120 valence electrons. The van der Waals surface area contributed by atoms with E-state index in [1.165, 1.54) is 6.07 Å². The summed E-state index contributed by atoms with van der Waals surface area (Å²) in [4.78, 5) is 16.4. The van der Waals surface area contributed by atoms with Gasteiger partial charge in [0.2, 0.25) is 0 Å². The highest BCUT2D eigenvalue weighted by molar-refractivity contribution is 6.31. The summed E-state index contributed by atoms with van der Waals surface area (Å²) in [5, 5.41) is 0.724. The Morgan fingerprint density at radius 3 is 2.22 bits per heavy atom. The van der Waals surface area contributed by atoms with Crippen molar-refractivity contribution in [3.05, 3.63) is 63.9 Å². The molecular weight excluding hydrogens is 338 g/mol. The molecule has 1 saturated heterocycles. The highest BCUT2D eigenvalue weighted by Gasteiger charge is 2.22. The van der Waals surface area contributed by atoms with Gasteiger partial charge in [-0.2, -0.15) is 0 Å². The van der Waals surface area contributed by atoms with Gasteiger partial charge in [-0.1, -0.05) is 23.2 Å². The topological polar surface area (TPSA) is 23.6 Å². The van der Waals surface area contributed by atoms with E-state index in [2.05, 4.69) is 4.90 Å². The van der Waals surface area contributed by atoms with Crippen molar-refractivity contribution in [1.29, 1.82) is 0 Å². The number of hydrogen-bond donors (Lipinski definition) is 0. The second-order valence-electron chi connectivity index (χ2n) is 5.38. The lowest BCUT2D eigenvalue weighted by molar-refractivity contribution is 0.0747. The molecule has 0 unspecified atom stereocenters. The van der Waals surface area contributed by atoms with E-state index in [9.17, 15) is 9.18 Å². The zero-order chi connectivity index (χ0) is 16.4. The molecule has 1 aliphatic rings. The molecule has 3 rings (SSSR count). The first-order valence-electron chi connectivity index (χ1n) is 7.29. The molecule has 0 atom stereocenters. The molecule has 2 aromatic carbocycles. The quantitative estimate of drug-likeness (QED) is 0.812. The molecule has 0 spiro atoms. The Labute approximate surface area is 144 Å². The maximum atomic E-state index is 13.2. The highest BCUT2D eigenvalue weighted by Crippen LogP contribution is 2.24. The van der Waals surface area contributed by atoms with Crippen molar-refractivity contribution < 1.29 is 9.18 Å². The van der Waals surface area contributed by atoms with Crippen LogP contribution in [0.2, 0.25) is 10.0 Å². The molecular formula is C17H15Cl2FN2O. The van der Waals surface area contributed by atoms with Gasteiger partial charge in [0.1, 0.15) is 5.82 Å². The Morgan fingerprint density at radius 1 is 0.957 bits per heavy atom. The third-order valence-electron chi connectivity index (χ3n) is 3.93. The van der Waals surface area contributed by atoms with Crippen LogP contribution >= 0.6 is 23.2 Å². The van der Waals surface area contributed by atoms with Crippen molar-refractivity contribution in [2.75, 3.05) is 31.1 Å². The second kappa shape index (κ2) is 6.77. The first kappa shape index (κ1) is 16.1. The molecule has 0 aliphatic carbocycles. The van der Waals surface area contributed by atoms with Crippen molar-refractivity contribution in [2.24, 2.45) is 0 Å². The number of amides is 1. The Balaban J connectivity index is 1.64. The molecule has 0 radical (unpaired) electrons. The molecule has 2 aromatic rings. The molecule has 0 bridgehead atoms. The maximum absolute atomic E-state index is 13.2. The number of benzene rings is 2. The Bertz CT molecular complexity index is 713. The Kier molecular flexibility index (Phi) is 4.74.